The van der Waals surface area contributed by atoms with Crippen LogP contribution in [0.2, 0.25) is 0 Å². The van der Waals surface area contributed by atoms with Gasteiger partial charge in [0.1, 0.15) is 0 Å². The number of hydrogen-bond acceptors (Lipinski definition) is 3. The van der Waals surface area contributed by atoms with Crippen molar-refractivity contribution < 1.29 is 17.2 Å². The summed E-state index contributed by atoms with van der Waals surface area (Å²) in [6, 6.07) is 2.35. The summed E-state index contributed by atoms with van der Waals surface area (Å²) in [4.78, 5) is -0.245. The Morgan fingerprint density at radius 2 is 2.00 bits per heavy atom. The van der Waals surface area contributed by atoms with Crippen LogP contribution in [0.25, 0.3) is 0 Å². The third-order valence-electron chi connectivity index (χ3n) is 2.72. The topological polar surface area (TPSA) is 63.4 Å². The van der Waals surface area contributed by atoms with Crippen molar-refractivity contribution in [3.8, 4) is 0 Å². The van der Waals surface area contributed by atoms with Crippen LogP contribution in [0.1, 0.15) is 6.42 Å². The summed E-state index contributed by atoms with van der Waals surface area (Å²) in [5.41, 5.74) is 5.61. The third-order valence-corrected chi connectivity index (χ3v) is 4.58. The summed E-state index contributed by atoms with van der Waals surface area (Å²) < 4.78 is 50.9. The highest BCUT2D eigenvalue weighted by Crippen LogP contribution is 2.21. The predicted molar refractivity (Wildman–Crippen MR) is 57.7 cm³/mol. The minimum Gasteiger partial charge on any atom is -0.326 e. The van der Waals surface area contributed by atoms with E-state index in [1.807, 2.05) is 0 Å². The highest BCUT2D eigenvalue weighted by molar-refractivity contribution is 7.89. The van der Waals surface area contributed by atoms with Crippen LogP contribution in [0.15, 0.2) is 23.1 Å². The lowest BCUT2D eigenvalue weighted by Crippen LogP contribution is -2.32. The molecule has 0 saturated carbocycles. The molecule has 0 amide bonds. The molecule has 1 fully saturated rings. The maximum Gasteiger partial charge on any atom is 0.243 e. The molecule has 2 rings (SSSR count). The number of benzene rings is 1. The normalized spacial score (nSPS) is 21.9. The summed E-state index contributed by atoms with van der Waals surface area (Å²) in [6.07, 6.45) is 0.572. The van der Waals surface area contributed by atoms with Crippen LogP contribution in [0.5, 0.6) is 0 Å². The fourth-order valence-electron chi connectivity index (χ4n) is 1.76. The molecule has 17 heavy (non-hydrogen) atoms. The lowest BCUT2D eigenvalue weighted by molar-refractivity contribution is 0.468. The van der Waals surface area contributed by atoms with Crippen LogP contribution in [0.4, 0.5) is 8.78 Å². The van der Waals surface area contributed by atoms with E-state index in [4.69, 9.17) is 5.73 Å². The number of halogens is 2. The molecule has 4 nitrogen and oxygen atoms in total. The Hall–Kier alpha value is -1.05. The average Bonchev–Trinajstić information content (AvgIpc) is 2.69. The molecular formula is C10H12F2N2O2S. The van der Waals surface area contributed by atoms with Crippen LogP contribution in [0, 0.1) is 11.6 Å². The van der Waals surface area contributed by atoms with Gasteiger partial charge in [-0.15, -0.1) is 0 Å². The van der Waals surface area contributed by atoms with Gasteiger partial charge in [-0.05, 0) is 24.6 Å². The first-order chi connectivity index (χ1) is 7.91. The first-order valence-corrected chi connectivity index (χ1v) is 6.56. The van der Waals surface area contributed by atoms with Gasteiger partial charge in [0, 0.05) is 19.1 Å². The van der Waals surface area contributed by atoms with Gasteiger partial charge in [0.25, 0.3) is 0 Å². The number of sulfonamides is 1. The average molecular weight is 262 g/mol. The van der Waals surface area contributed by atoms with E-state index in [1.54, 1.807) is 0 Å². The van der Waals surface area contributed by atoms with Gasteiger partial charge in [-0.25, -0.2) is 17.2 Å². The summed E-state index contributed by atoms with van der Waals surface area (Å²) >= 11 is 0. The zero-order chi connectivity index (χ0) is 12.6. The van der Waals surface area contributed by atoms with Gasteiger partial charge < -0.3 is 5.73 Å². The summed E-state index contributed by atoms with van der Waals surface area (Å²) in [5, 5.41) is 0. The van der Waals surface area contributed by atoms with Gasteiger partial charge in [-0.3, -0.25) is 0 Å². The fourth-order valence-corrected chi connectivity index (χ4v) is 3.28. The Morgan fingerprint density at radius 3 is 2.53 bits per heavy atom. The van der Waals surface area contributed by atoms with Crippen LogP contribution < -0.4 is 5.73 Å². The minimum absolute atomic E-state index is 0.199. The van der Waals surface area contributed by atoms with Crippen molar-refractivity contribution >= 4 is 10.0 Å². The molecule has 94 valence electrons. The number of rotatable bonds is 2. The van der Waals surface area contributed by atoms with Crippen molar-refractivity contribution in [2.45, 2.75) is 17.4 Å². The number of nitrogens with two attached hydrogens (primary N) is 1. The van der Waals surface area contributed by atoms with E-state index in [2.05, 4.69) is 0 Å². The smallest absolute Gasteiger partial charge is 0.243 e. The predicted octanol–water partition coefficient (Wildman–Crippen LogP) is 0.686. The molecule has 0 spiro atoms. The maximum atomic E-state index is 13.0. The Bertz CT molecular complexity index is 533. The van der Waals surface area contributed by atoms with Gasteiger partial charge in [0.05, 0.1) is 4.90 Å². The Balaban J connectivity index is 2.35. The van der Waals surface area contributed by atoms with Crippen molar-refractivity contribution in [2.24, 2.45) is 5.73 Å². The Morgan fingerprint density at radius 1 is 1.29 bits per heavy atom. The quantitative estimate of drug-likeness (QED) is 0.852. The lowest BCUT2D eigenvalue weighted by Gasteiger charge is -2.15. The van der Waals surface area contributed by atoms with Gasteiger partial charge in [0.15, 0.2) is 11.6 Å². The first-order valence-electron chi connectivity index (χ1n) is 5.12. The maximum absolute atomic E-state index is 13.0. The molecular weight excluding hydrogens is 250 g/mol. The van der Waals surface area contributed by atoms with Crippen molar-refractivity contribution in [1.29, 1.82) is 0 Å². The molecule has 0 aliphatic carbocycles. The summed E-state index contributed by atoms with van der Waals surface area (Å²) in [7, 11) is -3.76. The minimum atomic E-state index is -3.76. The molecule has 0 aromatic heterocycles. The van der Waals surface area contributed by atoms with Crippen LogP contribution in [-0.4, -0.2) is 31.9 Å². The molecule has 2 N–H and O–H groups in total. The van der Waals surface area contributed by atoms with Crippen molar-refractivity contribution in [3.05, 3.63) is 29.8 Å². The highest BCUT2D eigenvalue weighted by Gasteiger charge is 2.31. The largest absolute Gasteiger partial charge is 0.326 e. The molecule has 1 aliphatic rings. The van der Waals surface area contributed by atoms with E-state index < -0.39 is 21.7 Å². The Labute approximate surface area is 98.1 Å². The summed E-state index contributed by atoms with van der Waals surface area (Å²) in [6.45, 7) is 0.518. The van der Waals surface area contributed by atoms with Gasteiger partial charge in [-0.2, -0.15) is 4.31 Å². The van der Waals surface area contributed by atoms with Gasteiger partial charge in [-0.1, -0.05) is 0 Å². The second kappa shape index (κ2) is 4.32. The van der Waals surface area contributed by atoms with Crippen LogP contribution in [-0.2, 0) is 10.0 Å². The highest BCUT2D eigenvalue weighted by atomic mass is 32.2. The first kappa shape index (κ1) is 12.4. The molecule has 1 atom stereocenters. The van der Waals surface area contributed by atoms with E-state index in [9.17, 15) is 17.2 Å². The molecule has 1 aliphatic heterocycles. The zero-order valence-corrected chi connectivity index (χ0v) is 9.75. The SMILES string of the molecule is NC1CCN(S(=O)(=O)c2ccc(F)c(F)c2)C1. The van der Waals surface area contributed by atoms with E-state index in [-0.39, 0.29) is 17.5 Å². The fraction of sp³-hybridized carbons (Fsp3) is 0.400. The van der Waals surface area contributed by atoms with E-state index in [1.165, 1.54) is 4.31 Å². The molecule has 7 heteroatoms. The molecule has 1 unspecified atom stereocenters. The van der Waals surface area contributed by atoms with E-state index in [0.29, 0.717) is 19.0 Å². The van der Waals surface area contributed by atoms with E-state index >= 15 is 0 Å². The third kappa shape index (κ3) is 2.31. The van der Waals surface area contributed by atoms with Gasteiger partial charge in [0.2, 0.25) is 10.0 Å². The second-order valence-electron chi connectivity index (χ2n) is 3.99. The van der Waals surface area contributed by atoms with Crippen molar-refractivity contribution in [1.82, 2.24) is 4.31 Å². The molecule has 1 saturated heterocycles. The van der Waals surface area contributed by atoms with Crippen molar-refractivity contribution in [3.63, 3.8) is 0 Å². The lowest BCUT2D eigenvalue weighted by atomic mass is 10.3. The molecule has 1 heterocycles. The van der Waals surface area contributed by atoms with Gasteiger partial charge >= 0.3 is 0 Å². The van der Waals surface area contributed by atoms with E-state index in [0.717, 1.165) is 12.1 Å². The summed E-state index contributed by atoms with van der Waals surface area (Å²) in [5.74, 6) is -2.24. The zero-order valence-electron chi connectivity index (χ0n) is 8.94. The molecule has 0 radical (unpaired) electrons. The molecule has 1 aromatic carbocycles. The number of hydrogen-bond donors (Lipinski definition) is 1. The van der Waals surface area contributed by atoms with Crippen LogP contribution >= 0.6 is 0 Å². The second-order valence-corrected chi connectivity index (χ2v) is 5.93. The van der Waals surface area contributed by atoms with Crippen molar-refractivity contribution in [2.75, 3.05) is 13.1 Å². The number of nitrogens with zero attached hydrogens (tertiary/aromatic N) is 1. The standard InChI is InChI=1S/C10H12F2N2O2S/c11-9-2-1-8(5-10(9)12)17(15,16)14-4-3-7(13)6-14/h1-2,5,7H,3-4,6,13H2. The monoisotopic (exact) mass is 262 g/mol. The Kier molecular flexibility index (Phi) is 3.15. The molecule has 1 aromatic rings. The van der Waals surface area contributed by atoms with Crippen LogP contribution in [0.3, 0.4) is 0 Å². The molecule has 0 bridgehead atoms.